The van der Waals surface area contributed by atoms with E-state index in [1.807, 2.05) is 60.7 Å². The van der Waals surface area contributed by atoms with Gasteiger partial charge in [0.15, 0.2) is 19.0 Å². The number of Topliss-reactive ketones (excluding diaryl/α,β-unsaturated/α-hetero) is 1. The number of hydrogen-bond donors (Lipinski definition) is 0. The summed E-state index contributed by atoms with van der Waals surface area (Å²) in [6.07, 6.45) is -0.510. The van der Waals surface area contributed by atoms with Gasteiger partial charge >= 0.3 is 5.97 Å². The lowest BCUT2D eigenvalue weighted by Crippen LogP contribution is -2.47. The van der Waals surface area contributed by atoms with Crippen LogP contribution in [0.1, 0.15) is 51.8 Å². The summed E-state index contributed by atoms with van der Waals surface area (Å²) in [6, 6.07) is 19.0. The maximum Gasteiger partial charge on any atom is 0.334 e. The highest BCUT2D eigenvalue weighted by Gasteiger charge is 2.47. The number of halogens is 1. The van der Waals surface area contributed by atoms with Crippen molar-refractivity contribution in [2.45, 2.75) is 70.3 Å². The van der Waals surface area contributed by atoms with E-state index in [4.69, 9.17) is 20.8 Å². The number of carbonyl (C=O) groups excluding carboxylic acids is 2. The number of esters is 1. The Labute approximate surface area is 198 Å². The van der Waals surface area contributed by atoms with Crippen molar-refractivity contribution in [3.63, 3.8) is 0 Å². The molecule has 2 aromatic carbocycles. The van der Waals surface area contributed by atoms with Crippen LogP contribution in [-0.2, 0) is 25.4 Å². The third-order valence-electron chi connectivity index (χ3n) is 6.28. The number of hydrogen-bond acceptors (Lipinski definition) is 4. The van der Waals surface area contributed by atoms with E-state index in [1.165, 1.54) is 6.92 Å². The van der Waals surface area contributed by atoms with E-state index in [0.717, 1.165) is 11.1 Å². The van der Waals surface area contributed by atoms with Gasteiger partial charge in [-0.2, -0.15) is 0 Å². The molecule has 0 heterocycles. The Bertz CT molecular complexity index is 904. The number of alkyl halides is 1. The standard InChI is InChI=1S/C26H35ClO4Si/c1-19(22(21-16-12-9-13-17-21)31-32(6,7)25(2,3)4)23(28)26(5,27)24(29)30-18-20-14-10-8-11-15-20/h8-17,19,22H,18H2,1-7H3/t19-,22-,26+/m1/s1. The molecular formula is C26H35ClO4Si. The third-order valence-corrected chi connectivity index (χ3v) is 11.1. The molecule has 0 spiro atoms. The fourth-order valence-electron chi connectivity index (χ4n) is 3.12. The van der Waals surface area contributed by atoms with Crippen LogP contribution in [0.3, 0.4) is 0 Å². The molecule has 3 atom stereocenters. The van der Waals surface area contributed by atoms with Crippen molar-refractivity contribution in [2.75, 3.05) is 0 Å². The minimum absolute atomic E-state index is 0.0400. The van der Waals surface area contributed by atoms with Crippen LogP contribution in [0.15, 0.2) is 60.7 Å². The molecule has 0 radical (unpaired) electrons. The summed E-state index contributed by atoms with van der Waals surface area (Å²) in [5.74, 6) is -1.80. The summed E-state index contributed by atoms with van der Waals surface area (Å²) in [5.41, 5.74) is 1.72. The lowest BCUT2D eigenvalue weighted by molar-refractivity contribution is -0.152. The van der Waals surface area contributed by atoms with E-state index >= 15 is 0 Å². The number of rotatable bonds is 9. The van der Waals surface area contributed by atoms with Crippen molar-refractivity contribution >= 4 is 31.7 Å². The number of ketones is 1. The first-order chi connectivity index (χ1) is 14.8. The first-order valence-corrected chi connectivity index (χ1v) is 14.2. The zero-order chi connectivity index (χ0) is 24.2. The predicted octanol–water partition coefficient (Wildman–Crippen LogP) is 6.70. The van der Waals surface area contributed by atoms with Gasteiger partial charge in [-0.15, -0.1) is 0 Å². The van der Waals surface area contributed by atoms with Gasteiger partial charge in [0.1, 0.15) is 6.61 Å². The van der Waals surface area contributed by atoms with Gasteiger partial charge < -0.3 is 9.16 Å². The normalized spacial score (nSPS) is 16.0. The second-order valence-corrected chi connectivity index (χ2v) is 15.4. The lowest BCUT2D eigenvalue weighted by Gasteiger charge is -2.41. The molecule has 2 aromatic rings. The van der Waals surface area contributed by atoms with Crippen LogP contribution in [0.5, 0.6) is 0 Å². The average molecular weight is 475 g/mol. The van der Waals surface area contributed by atoms with Crippen molar-refractivity contribution < 1.29 is 18.8 Å². The van der Waals surface area contributed by atoms with Crippen molar-refractivity contribution in [1.82, 2.24) is 0 Å². The first kappa shape index (κ1) is 26.3. The zero-order valence-corrected chi connectivity index (χ0v) is 21.9. The molecule has 0 bridgehead atoms. The third kappa shape index (κ3) is 6.30. The molecule has 174 valence electrons. The molecule has 4 nitrogen and oxygen atoms in total. The quantitative estimate of drug-likeness (QED) is 0.176. The molecule has 6 heteroatoms. The zero-order valence-electron chi connectivity index (χ0n) is 20.1. The summed E-state index contributed by atoms with van der Waals surface area (Å²) in [7, 11) is -2.22. The highest BCUT2D eigenvalue weighted by atomic mass is 35.5. The Morgan fingerprint density at radius 2 is 1.44 bits per heavy atom. The van der Waals surface area contributed by atoms with Gasteiger partial charge in [-0.3, -0.25) is 4.79 Å². The molecular weight excluding hydrogens is 440 g/mol. The molecule has 0 saturated carbocycles. The minimum Gasteiger partial charge on any atom is -0.459 e. The molecule has 0 amide bonds. The second kappa shape index (κ2) is 10.3. The van der Waals surface area contributed by atoms with Crippen molar-refractivity contribution in [1.29, 1.82) is 0 Å². The Morgan fingerprint density at radius 3 is 1.94 bits per heavy atom. The molecule has 0 aliphatic carbocycles. The van der Waals surface area contributed by atoms with E-state index in [9.17, 15) is 9.59 Å². The number of ether oxygens (including phenoxy) is 1. The number of benzene rings is 2. The average Bonchev–Trinajstić information content (AvgIpc) is 2.75. The monoisotopic (exact) mass is 474 g/mol. The van der Waals surface area contributed by atoms with E-state index < -0.39 is 37.0 Å². The topological polar surface area (TPSA) is 52.6 Å². The summed E-state index contributed by atoms with van der Waals surface area (Å²) in [4.78, 5) is 24.4. The number of carbonyl (C=O) groups is 2. The highest BCUT2D eigenvalue weighted by Crippen LogP contribution is 2.42. The Morgan fingerprint density at radius 1 is 0.938 bits per heavy atom. The molecule has 0 aromatic heterocycles. The smallest absolute Gasteiger partial charge is 0.334 e. The van der Waals surface area contributed by atoms with Crippen LogP contribution in [0.25, 0.3) is 0 Å². The van der Waals surface area contributed by atoms with Gasteiger partial charge in [0.25, 0.3) is 0 Å². The van der Waals surface area contributed by atoms with E-state index in [1.54, 1.807) is 6.92 Å². The van der Waals surface area contributed by atoms with E-state index in [-0.39, 0.29) is 11.6 Å². The van der Waals surface area contributed by atoms with Crippen LogP contribution < -0.4 is 0 Å². The molecule has 0 saturated heterocycles. The maximum absolute atomic E-state index is 13.5. The lowest BCUT2D eigenvalue weighted by atomic mass is 9.87. The van der Waals surface area contributed by atoms with Gasteiger partial charge in [0.2, 0.25) is 0 Å². The molecule has 2 rings (SSSR count). The fourth-order valence-corrected chi connectivity index (χ4v) is 4.68. The molecule has 0 aliphatic heterocycles. The van der Waals surface area contributed by atoms with Crippen molar-refractivity contribution in [3.8, 4) is 0 Å². The van der Waals surface area contributed by atoms with Crippen molar-refractivity contribution in [3.05, 3.63) is 71.8 Å². The Kier molecular flexibility index (Phi) is 8.48. The summed E-state index contributed by atoms with van der Waals surface area (Å²) >= 11 is 6.52. The van der Waals surface area contributed by atoms with Crippen LogP contribution >= 0.6 is 11.6 Å². The SMILES string of the molecule is C[C@@H](C(=O)[C@](C)(Cl)C(=O)OCc1ccccc1)[C@@H](O[Si](C)(C)C(C)(C)C)c1ccccc1. The Hall–Kier alpha value is -1.95. The van der Waals surface area contributed by atoms with Crippen LogP contribution in [0, 0.1) is 5.92 Å². The van der Waals surface area contributed by atoms with Gasteiger partial charge in [0.05, 0.1) is 6.10 Å². The molecule has 0 fully saturated rings. The van der Waals surface area contributed by atoms with Crippen LogP contribution in [0.2, 0.25) is 18.1 Å². The largest absolute Gasteiger partial charge is 0.459 e. The second-order valence-electron chi connectivity index (χ2n) is 9.93. The molecule has 0 unspecified atom stereocenters. The van der Waals surface area contributed by atoms with Gasteiger partial charge in [0, 0.05) is 5.92 Å². The highest BCUT2D eigenvalue weighted by molar-refractivity contribution is 6.74. The van der Waals surface area contributed by atoms with E-state index in [2.05, 4.69) is 33.9 Å². The van der Waals surface area contributed by atoms with E-state index in [0.29, 0.717) is 0 Å². The van der Waals surface area contributed by atoms with Gasteiger partial charge in [-0.1, -0.05) is 100.0 Å². The van der Waals surface area contributed by atoms with Crippen LogP contribution in [-0.4, -0.2) is 24.9 Å². The molecule has 0 N–H and O–H groups in total. The Balaban J connectivity index is 2.26. The van der Waals surface area contributed by atoms with Gasteiger partial charge in [-0.25, -0.2) is 4.79 Å². The maximum atomic E-state index is 13.5. The van der Waals surface area contributed by atoms with Gasteiger partial charge in [-0.05, 0) is 36.2 Å². The summed E-state index contributed by atoms with van der Waals surface area (Å²) in [5, 5.41) is -0.0400. The molecule has 0 aliphatic rings. The minimum atomic E-state index is -2.22. The molecule has 32 heavy (non-hydrogen) atoms. The summed E-state index contributed by atoms with van der Waals surface area (Å²) < 4.78 is 12.1. The van der Waals surface area contributed by atoms with Crippen LogP contribution in [0.4, 0.5) is 0 Å². The summed E-state index contributed by atoms with van der Waals surface area (Å²) in [6.45, 7) is 14.0. The van der Waals surface area contributed by atoms with Crippen molar-refractivity contribution in [2.24, 2.45) is 5.92 Å². The first-order valence-electron chi connectivity index (χ1n) is 10.9. The predicted molar refractivity (Wildman–Crippen MR) is 132 cm³/mol. The fraction of sp³-hybridized carbons (Fsp3) is 0.462.